The van der Waals surface area contributed by atoms with Crippen molar-refractivity contribution in [3.8, 4) is 11.5 Å². The highest BCUT2D eigenvalue weighted by atomic mass is 16.5. The number of nitrogens with zero attached hydrogens (tertiary/aromatic N) is 4. The molecule has 31 heavy (non-hydrogen) atoms. The molecule has 4 rings (SSSR count). The van der Waals surface area contributed by atoms with Crippen LogP contribution in [0.3, 0.4) is 0 Å². The van der Waals surface area contributed by atoms with Crippen LogP contribution in [0.1, 0.15) is 5.56 Å². The van der Waals surface area contributed by atoms with Crippen LogP contribution in [0.4, 0.5) is 5.82 Å². The van der Waals surface area contributed by atoms with Gasteiger partial charge in [0.2, 0.25) is 11.3 Å². The van der Waals surface area contributed by atoms with Crippen molar-refractivity contribution < 1.29 is 14.3 Å². The summed E-state index contributed by atoms with van der Waals surface area (Å²) >= 11 is 0. The second-order valence-electron chi connectivity index (χ2n) is 6.76. The lowest BCUT2D eigenvalue weighted by atomic mass is 10.2. The van der Waals surface area contributed by atoms with Crippen LogP contribution in [-0.2, 0) is 17.9 Å². The molecule has 4 aromatic rings. The van der Waals surface area contributed by atoms with Gasteiger partial charge in [0.05, 0.1) is 38.7 Å². The smallest absolute Gasteiger partial charge is 0.247 e. The summed E-state index contributed by atoms with van der Waals surface area (Å²) in [5.74, 6) is 1.47. The molecule has 9 nitrogen and oxygen atoms in total. The van der Waals surface area contributed by atoms with Crippen molar-refractivity contribution in [2.75, 3.05) is 19.5 Å². The van der Waals surface area contributed by atoms with Gasteiger partial charge in [-0.25, -0.2) is 4.68 Å². The van der Waals surface area contributed by atoms with Gasteiger partial charge >= 0.3 is 0 Å². The SMILES string of the molecule is COc1cccc(Cn2nccc2NC(=O)Cn2ncc(=O)c3ccccc32)c1OC. The van der Waals surface area contributed by atoms with Gasteiger partial charge in [0.15, 0.2) is 11.5 Å². The standard InChI is InChI=1S/C22H21N5O4/c1-30-19-9-5-6-15(22(19)31-2)13-27-20(10-11-23-27)25-21(29)14-26-17-8-4-3-7-16(17)18(28)12-24-26/h3-12H,13-14H2,1-2H3,(H,25,29). The molecular formula is C22H21N5O4. The number of para-hydroxylation sites is 2. The van der Waals surface area contributed by atoms with Gasteiger partial charge in [0.1, 0.15) is 12.4 Å². The maximum Gasteiger partial charge on any atom is 0.247 e. The fourth-order valence-electron chi connectivity index (χ4n) is 3.41. The number of ether oxygens (including phenoxy) is 2. The number of benzene rings is 2. The molecule has 0 radical (unpaired) electrons. The lowest BCUT2D eigenvalue weighted by Gasteiger charge is -2.14. The van der Waals surface area contributed by atoms with Crippen LogP contribution in [-0.4, -0.2) is 39.7 Å². The van der Waals surface area contributed by atoms with E-state index in [9.17, 15) is 9.59 Å². The zero-order valence-electron chi connectivity index (χ0n) is 17.1. The molecule has 2 heterocycles. The number of methoxy groups -OCH3 is 2. The van der Waals surface area contributed by atoms with Crippen LogP contribution >= 0.6 is 0 Å². The molecule has 158 valence electrons. The van der Waals surface area contributed by atoms with E-state index < -0.39 is 0 Å². The predicted octanol–water partition coefficient (Wildman–Crippen LogP) is 2.30. The number of carbonyl (C=O) groups excluding carboxylic acids is 1. The average molecular weight is 419 g/mol. The fourth-order valence-corrected chi connectivity index (χ4v) is 3.41. The number of aromatic nitrogens is 4. The van der Waals surface area contributed by atoms with E-state index in [2.05, 4.69) is 15.5 Å². The average Bonchev–Trinajstić information content (AvgIpc) is 3.22. The van der Waals surface area contributed by atoms with Gasteiger partial charge in [-0.3, -0.25) is 14.3 Å². The maximum absolute atomic E-state index is 12.7. The van der Waals surface area contributed by atoms with Gasteiger partial charge in [0, 0.05) is 17.0 Å². The van der Waals surface area contributed by atoms with Crippen molar-refractivity contribution in [1.29, 1.82) is 0 Å². The van der Waals surface area contributed by atoms with Crippen molar-refractivity contribution in [3.63, 3.8) is 0 Å². The number of amides is 1. The lowest BCUT2D eigenvalue weighted by molar-refractivity contribution is -0.116. The van der Waals surface area contributed by atoms with E-state index in [0.717, 1.165) is 5.56 Å². The van der Waals surface area contributed by atoms with E-state index >= 15 is 0 Å². The Hall–Kier alpha value is -4.14. The normalized spacial score (nSPS) is 10.8. The molecular weight excluding hydrogens is 398 g/mol. The molecule has 1 N–H and O–H groups in total. The van der Waals surface area contributed by atoms with Gasteiger partial charge in [-0.2, -0.15) is 10.2 Å². The number of nitrogens with one attached hydrogen (secondary N) is 1. The number of rotatable bonds is 7. The van der Waals surface area contributed by atoms with E-state index in [4.69, 9.17) is 9.47 Å². The van der Waals surface area contributed by atoms with Crippen LogP contribution in [0.25, 0.3) is 10.9 Å². The Labute approximate surface area is 177 Å². The summed E-state index contributed by atoms with van der Waals surface area (Å²) < 4.78 is 14.0. The molecule has 2 aromatic carbocycles. The van der Waals surface area contributed by atoms with Crippen molar-refractivity contribution >= 4 is 22.6 Å². The Morgan fingerprint density at radius 2 is 1.84 bits per heavy atom. The second-order valence-corrected chi connectivity index (χ2v) is 6.76. The van der Waals surface area contributed by atoms with Gasteiger partial charge in [0.25, 0.3) is 0 Å². The molecule has 0 spiro atoms. The minimum absolute atomic E-state index is 0.0472. The molecule has 0 aliphatic rings. The third kappa shape index (κ3) is 4.11. The van der Waals surface area contributed by atoms with Crippen LogP contribution in [0.5, 0.6) is 11.5 Å². The largest absolute Gasteiger partial charge is 0.493 e. The molecule has 0 aliphatic heterocycles. The molecule has 9 heteroatoms. The molecule has 0 bridgehead atoms. The first kappa shape index (κ1) is 20.1. The quantitative estimate of drug-likeness (QED) is 0.493. The highest BCUT2D eigenvalue weighted by Crippen LogP contribution is 2.31. The molecule has 0 saturated carbocycles. The number of carbonyl (C=O) groups is 1. The highest BCUT2D eigenvalue weighted by Gasteiger charge is 2.14. The second kappa shape index (κ2) is 8.70. The van der Waals surface area contributed by atoms with Crippen LogP contribution < -0.4 is 20.2 Å². The summed E-state index contributed by atoms with van der Waals surface area (Å²) in [5.41, 5.74) is 1.27. The topological polar surface area (TPSA) is 100 Å². The number of fused-ring (bicyclic) bond motifs is 1. The number of anilines is 1. The van der Waals surface area contributed by atoms with Crippen LogP contribution in [0.15, 0.2) is 65.7 Å². The first-order valence-electron chi connectivity index (χ1n) is 9.57. The van der Waals surface area contributed by atoms with Gasteiger partial charge in [-0.15, -0.1) is 0 Å². The Kier molecular flexibility index (Phi) is 5.65. The van der Waals surface area contributed by atoms with Crippen molar-refractivity contribution in [3.05, 3.63) is 76.7 Å². The molecule has 0 fully saturated rings. The Morgan fingerprint density at radius 1 is 1.00 bits per heavy atom. The number of hydrogen-bond acceptors (Lipinski definition) is 6. The van der Waals surface area contributed by atoms with E-state index in [-0.39, 0.29) is 17.9 Å². The van der Waals surface area contributed by atoms with E-state index in [0.29, 0.717) is 34.8 Å². The summed E-state index contributed by atoms with van der Waals surface area (Å²) in [6.45, 7) is 0.330. The highest BCUT2D eigenvalue weighted by molar-refractivity contribution is 5.90. The monoisotopic (exact) mass is 419 g/mol. The van der Waals surface area contributed by atoms with Crippen molar-refractivity contribution in [1.82, 2.24) is 19.6 Å². The van der Waals surface area contributed by atoms with E-state index in [1.54, 1.807) is 55.4 Å². The van der Waals surface area contributed by atoms with Crippen LogP contribution in [0, 0.1) is 0 Å². The minimum atomic E-state index is -0.291. The molecule has 0 saturated heterocycles. The third-order valence-electron chi connectivity index (χ3n) is 4.84. The summed E-state index contributed by atoms with van der Waals surface area (Å²) in [6, 6.07) is 14.3. The predicted molar refractivity (Wildman–Crippen MR) is 116 cm³/mol. The van der Waals surface area contributed by atoms with E-state index in [1.807, 2.05) is 18.2 Å². The zero-order valence-corrected chi connectivity index (χ0v) is 17.1. The van der Waals surface area contributed by atoms with Crippen molar-refractivity contribution in [2.24, 2.45) is 0 Å². The summed E-state index contributed by atoms with van der Waals surface area (Å²) in [7, 11) is 3.16. The molecule has 1 amide bonds. The summed E-state index contributed by atoms with van der Waals surface area (Å²) in [5, 5.41) is 11.8. The molecule has 2 aromatic heterocycles. The van der Waals surface area contributed by atoms with E-state index in [1.165, 1.54) is 10.9 Å². The molecule has 0 aliphatic carbocycles. The Morgan fingerprint density at radius 3 is 2.65 bits per heavy atom. The fraction of sp³-hybridized carbons (Fsp3) is 0.182. The lowest BCUT2D eigenvalue weighted by Crippen LogP contribution is -2.24. The Balaban J connectivity index is 1.54. The van der Waals surface area contributed by atoms with Crippen molar-refractivity contribution in [2.45, 2.75) is 13.1 Å². The minimum Gasteiger partial charge on any atom is -0.493 e. The van der Waals surface area contributed by atoms with Gasteiger partial charge < -0.3 is 14.8 Å². The summed E-state index contributed by atoms with van der Waals surface area (Å²) in [6.07, 6.45) is 2.82. The van der Waals surface area contributed by atoms with Crippen LogP contribution in [0.2, 0.25) is 0 Å². The first-order chi connectivity index (χ1) is 15.1. The molecule has 0 unspecified atom stereocenters. The first-order valence-corrected chi connectivity index (χ1v) is 9.57. The van der Waals surface area contributed by atoms with Gasteiger partial charge in [-0.1, -0.05) is 24.3 Å². The number of hydrogen-bond donors (Lipinski definition) is 1. The molecule has 0 atom stereocenters. The third-order valence-corrected chi connectivity index (χ3v) is 4.84. The Bertz CT molecular complexity index is 1290. The maximum atomic E-state index is 12.7. The summed E-state index contributed by atoms with van der Waals surface area (Å²) in [4.78, 5) is 24.7. The van der Waals surface area contributed by atoms with Gasteiger partial charge in [-0.05, 0) is 18.2 Å². The zero-order chi connectivity index (χ0) is 21.8.